The zero-order chi connectivity index (χ0) is 48.4. The second-order valence-electron chi connectivity index (χ2n) is 19.5. The molecule has 0 spiro atoms. The summed E-state index contributed by atoms with van der Waals surface area (Å²) in [6, 6.07) is 6.57. The Labute approximate surface area is 391 Å². The predicted octanol–water partition coefficient (Wildman–Crippen LogP) is 12.2. The summed E-state index contributed by atoms with van der Waals surface area (Å²) in [5.41, 5.74) is 0.382. The van der Waals surface area contributed by atoms with Gasteiger partial charge in [0.2, 0.25) is 5.91 Å². The summed E-state index contributed by atoms with van der Waals surface area (Å²) in [4.78, 5) is 85.4. The Balaban J connectivity index is 0.000000653. The average molecular weight is 915 g/mol. The van der Waals surface area contributed by atoms with E-state index in [0.717, 1.165) is 69.8 Å². The van der Waals surface area contributed by atoms with Crippen molar-refractivity contribution in [2.75, 3.05) is 0 Å². The molecule has 0 radical (unpaired) electrons. The highest BCUT2D eigenvalue weighted by atomic mass is 16.7. The van der Waals surface area contributed by atoms with Crippen LogP contribution in [-0.4, -0.2) is 63.0 Å². The lowest BCUT2D eigenvalue weighted by atomic mass is 10.0. The van der Waals surface area contributed by atoms with Crippen LogP contribution in [0.1, 0.15) is 250 Å². The molecule has 0 atom stereocenters. The van der Waals surface area contributed by atoms with Crippen LogP contribution in [-0.2, 0) is 49.6 Å². The van der Waals surface area contributed by atoms with Crippen LogP contribution in [0.15, 0.2) is 24.3 Å². The van der Waals surface area contributed by atoms with Gasteiger partial charge in [-0.05, 0) is 84.9 Å². The number of carbonyl (C=O) groups excluding carboxylic acids is 6. The molecule has 3 amide bonds. The van der Waals surface area contributed by atoms with Crippen LogP contribution in [0.4, 0.5) is 0 Å². The molecule has 1 heterocycles. The number of hydrogen-bond donors (Lipinski definition) is 2. The van der Waals surface area contributed by atoms with E-state index < -0.39 is 23.8 Å². The van der Waals surface area contributed by atoms with Crippen molar-refractivity contribution in [2.45, 2.75) is 252 Å². The van der Waals surface area contributed by atoms with Crippen LogP contribution in [0.3, 0.4) is 0 Å². The number of carboxylic acid groups (broad SMARTS) is 1. The molecule has 0 unspecified atom stereocenters. The second kappa shape index (κ2) is 35.0. The molecule has 2 rings (SSSR count). The van der Waals surface area contributed by atoms with Crippen molar-refractivity contribution in [3.05, 3.63) is 35.4 Å². The first-order valence-electron chi connectivity index (χ1n) is 25.0. The van der Waals surface area contributed by atoms with E-state index >= 15 is 0 Å². The minimum Gasteiger partial charge on any atom is -0.478 e. The Morgan fingerprint density at radius 2 is 0.800 bits per heavy atom. The molecule has 13 heteroatoms. The number of rotatable bonds is 34. The monoisotopic (exact) mass is 915 g/mol. The molecular formula is C52H86N2O11. The minimum absolute atomic E-state index is 0.0494. The van der Waals surface area contributed by atoms with Gasteiger partial charge in [-0.25, -0.2) is 9.59 Å². The quantitative estimate of drug-likeness (QED) is 0.0381. The van der Waals surface area contributed by atoms with Gasteiger partial charge in [0.15, 0.2) is 0 Å². The molecular weight excluding hydrogens is 829 g/mol. The van der Waals surface area contributed by atoms with E-state index in [1.165, 1.54) is 89.9 Å². The molecule has 13 nitrogen and oxygen atoms in total. The van der Waals surface area contributed by atoms with Gasteiger partial charge in [-0.3, -0.25) is 24.0 Å². The Hall–Kier alpha value is -4.29. The number of nitrogens with one attached hydrogen (secondary N) is 1. The number of carboxylic acids is 1. The number of amides is 3. The Morgan fingerprint density at radius 1 is 0.492 bits per heavy atom. The molecule has 1 aliphatic heterocycles. The van der Waals surface area contributed by atoms with Gasteiger partial charge in [-0.2, -0.15) is 0 Å². The van der Waals surface area contributed by atoms with Gasteiger partial charge in [0.25, 0.3) is 11.8 Å². The first-order valence-corrected chi connectivity index (χ1v) is 25.0. The molecule has 0 aliphatic carbocycles. The normalized spacial score (nSPS) is 12.7. The number of ether oxygens (including phenoxy) is 2. The Morgan fingerprint density at radius 3 is 1.12 bits per heavy atom. The third-order valence-corrected chi connectivity index (χ3v) is 10.8. The van der Waals surface area contributed by atoms with Crippen LogP contribution in [0, 0.1) is 0 Å². The van der Waals surface area contributed by atoms with Crippen LogP contribution >= 0.6 is 0 Å². The van der Waals surface area contributed by atoms with Crippen LogP contribution in [0.5, 0.6) is 0 Å². The van der Waals surface area contributed by atoms with E-state index in [2.05, 4.69) is 5.32 Å². The molecule has 1 aromatic carbocycles. The number of imide groups is 1. The number of nitrogens with zero attached hydrogens (tertiary/aromatic N) is 1. The van der Waals surface area contributed by atoms with Gasteiger partial charge in [0, 0.05) is 45.1 Å². The maximum Gasteiger partial charge on any atom is 0.335 e. The lowest BCUT2D eigenvalue weighted by Crippen LogP contribution is -2.31. The topological polar surface area (TPSA) is 183 Å². The maximum atomic E-state index is 12.0. The van der Waals surface area contributed by atoms with Crippen LogP contribution in [0.2, 0.25) is 0 Å². The summed E-state index contributed by atoms with van der Waals surface area (Å²) in [5.74, 6) is -2.44. The van der Waals surface area contributed by atoms with E-state index in [4.69, 9.17) is 19.4 Å². The SMILES string of the molecule is CC(C)(C)OC(=O)CCCCCCCCCCCCCCC(=O)NCc1ccc(C(=O)O)cc1.CC(C)(C)OC(=O)CCCCCCCCCCCCCCC(=O)ON1C(=O)CCC1=O. The smallest absolute Gasteiger partial charge is 0.335 e. The molecule has 1 aliphatic rings. The third kappa shape index (κ3) is 34.7. The molecule has 370 valence electrons. The van der Waals surface area contributed by atoms with Crippen molar-refractivity contribution >= 4 is 41.6 Å². The minimum atomic E-state index is -0.945. The number of hydroxylamine groups is 2. The predicted molar refractivity (Wildman–Crippen MR) is 253 cm³/mol. The van der Waals surface area contributed by atoms with Crippen molar-refractivity contribution in [1.29, 1.82) is 0 Å². The van der Waals surface area contributed by atoms with Crippen LogP contribution < -0.4 is 5.32 Å². The fraction of sp³-hybridized carbons (Fsp3) is 0.750. The van der Waals surface area contributed by atoms with E-state index in [9.17, 15) is 33.6 Å². The second-order valence-corrected chi connectivity index (χ2v) is 19.5. The molecule has 0 aromatic heterocycles. The first-order chi connectivity index (χ1) is 30.9. The molecule has 1 aromatic rings. The largest absolute Gasteiger partial charge is 0.478 e. The van der Waals surface area contributed by atoms with Gasteiger partial charge in [0.05, 0.1) is 5.56 Å². The molecule has 0 bridgehead atoms. The Kier molecular flexibility index (Phi) is 31.6. The summed E-state index contributed by atoms with van der Waals surface area (Å²) < 4.78 is 10.6. The summed E-state index contributed by atoms with van der Waals surface area (Å²) in [5, 5.41) is 12.4. The van der Waals surface area contributed by atoms with E-state index in [-0.39, 0.29) is 53.9 Å². The number of aromatic carboxylic acids is 1. The number of hydrogen-bond acceptors (Lipinski definition) is 10. The van der Waals surface area contributed by atoms with Gasteiger partial charge in [0.1, 0.15) is 11.2 Å². The number of unbranched alkanes of at least 4 members (excludes halogenated alkanes) is 22. The van der Waals surface area contributed by atoms with Crippen molar-refractivity contribution in [1.82, 2.24) is 10.4 Å². The maximum absolute atomic E-state index is 12.0. The first kappa shape index (κ1) is 58.7. The molecule has 65 heavy (non-hydrogen) atoms. The van der Waals surface area contributed by atoms with E-state index in [0.29, 0.717) is 30.9 Å². The van der Waals surface area contributed by atoms with Crippen LogP contribution in [0.25, 0.3) is 0 Å². The fourth-order valence-electron chi connectivity index (χ4n) is 7.27. The molecule has 1 fully saturated rings. The number of carbonyl (C=O) groups is 7. The summed E-state index contributed by atoms with van der Waals surface area (Å²) >= 11 is 0. The number of benzene rings is 1. The van der Waals surface area contributed by atoms with E-state index in [1.54, 1.807) is 24.3 Å². The number of esters is 2. The van der Waals surface area contributed by atoms with Crippen molar-refractivity contribution in [2.24, 2.45) is 0 Å². The lowest BCUT2D eigenvalue weighted by Gasteiger charge is -2.19. The van der Waals surface area contributed by atoms with Gasteiger partial charge < -0.3 is 24.7 Å². The van der Waals surface area contributed by atoms with Crippen molar-refractivity contribution < 1.29 is 53.0 Å². The molecule has 2 N–H and O–H groups in total. The molecule has 1 saturated heterocycles. The summed E-state index contributed by atoms with van der Waals surface area (Å²) in [6.45, 7) is 11.8. The Bertz CT molecular complexity index is 1510. The highest BCUT2D eigenvalue weighted by Gasteiger charge is 2.32. The van der Waals surface area contributed by atoms with E-state index in [1.807, 2.05) is 41.5 Å². The summed E-state index contributed by atoms with van der Waals surface area (Å²) in [7, 11) is 0. The van der Waals surface area contributed by atoms with Crippen molar-refractivity contribution in [3.8, 4) is 0 Å². The third-order valence-electron chi connectivity index (χ3n) is 10.8. The lowest BCUT2D eigenvalue weighted by molar-refractivity contribution is -0.197. The molecule has 0 saturated carbocycles. The highest BCUT2D eigenvalue weighted by molar-refractivity contribution is 6.01. The fourth-order valence-corrected chi connectivity index (χ4v) is 7.27. The average Bonchev–Trinajstić information content (AvgIpc) is 3.54. The zero-order valence-electron chi connectivity index (χ0n) is 41.2. The van der Waals surface area contributed by atoms with Gasteiger partial charge in [-0.1, -0.05) is 141 Å². The summed E-state index contributed by atoms with van der Waals surface area (Å²) in [6.07, 6.45) is 29.3. The highest BCUT2D eigenvalue weighted by Crippen LogP contribution is 2.18. The standard InChI is InChI=1S/C28H45NO5.C24H41NO6/c1-28(2,3)34-26(31)17-15-13-11-9-7-5-4-6-8-10-12-14-16-25(30)29-22-23-18-20-24(21-19-23)27(32)33;1-24(2,3)30-22(28)16-14-12-10-8-6-4-5-7-9-11-13-15-17-23(29)31-25-20(26)18-19-21(25)27/h18-21H,4-17,22H2,1-3H3,(H,29,30)(H,32,33);4-19H2,1-3H3. The zero-order valence-corrected chi connectivity index (χ0v) is 41.2. The van der Waals surface area contributed by atoms with Gasteiger partial charge in [-0.15, -0.1) is 5.06 Å². The van der Waals surface area contributed by atoms with Crippen molar-refractivity contribution in [3.63, 3.8) is 0 Å². The van der Waals surface area contributed by atoms with Gasteiger partial charge >= 0.3 is 23.9 Å².